The van der Waals surface area contributed by atoms with E-state index in [-0.39, 0.29) is 0 Å². The highest BCUT2D eigenvalue weighted by Crippen LogP contribution is 2.28. The van der Waals surface area contributed by atoms with E-state index in [0.717, 1.165) is 11.4 Å². The second kappa shape index (κ2) is 6.07. The van der Waals surface area contributed by atoms with Crippen molar-refractivity contribution in [3.05, 3.63) is 60.0 Å². The van der Waals surface area contributed by atoms with E-state index in [1.54, 1.807) is 7.11 Å². The van der Waals surface area contributed by atoms with Crippen LogP contribution in [0, 0.1) is 0 Å². The number of hydrogen-bond donors (Lipinski definition) is 0. The van der Waals surface area contributed by atoms with E-state index < -0.39 is 0 Å². The summed E-state index contributed by atoms with van der Waals surface area (Å²) in [5.74, 6) is 1.79. The fraction of sp³-hybridized carbons (Fsp3) is 0.350. The molecule has 0 radical (unpaired) electrons. The molecule has 0 saturated heterocycles. The molecular weight excluding hydrogens is 284 g/mol. The van der Waals surface area contributed by atoms with Crippen LogP contribution in [0.3, 0.4) is 0 Å². The monoisotopic (exact) mass is 309 g/mol. The molecule has 0 saturated carbocycles. The van der Waals surface area contributed by atoms with Gasteiger partial charge in [-0.05, 0) is 17.9 Å². The number of fused-ring (bicyclic) bond motifs is 1. The first kappa shape index (κ1) is 15.6. The fourth-order valence-corrected chi connectivity index (χ4v) is 3.14. The van der Waals surface area contributed by atoms with E-state index in [1.165, 1.54) is 16.8 Å². The number of nitrogens with zero attached hydrogens (tertiary/aromatic N) is 2. The van der Waals surface area contributed by atoms with Crippen LogP contribution < -0.4 is 9.30 Å². The van der Waals surface area contributed by atoms with Gasteiger partial charge < -0.3 is 4.74 Å². The number of methoxy groups -OCH3 is 1. The summed E-state index contributed by atoms with van der Waals surface area (Å²) in [6, 6.07) is 12.7. The largest absolute Gasteiger partial charge is 0.465 e. The van der Waals surface area contributed by atoms with Gasteiger partial charge in [0.2, 0.25) is 0 Å². The maximum Gasteiger partial charge on any atom is 0.288 e. The zero-order valence-corrected chi connectivity index (χ0v) is 14.6. The van der Waals surface area contributed by atoms with Gasteiger partial charge in [-0.25, -0.2) is 4.57 Å². The van der Waals surface area contributed by atoms with Gasteiger partial charge in [-0.2, -0.15) is 4.40 Å². The van der Waals surface area contributed by atoms with Crippen molar-refractivity contribution in [1.29, 1.82) is 0 Å². The highest BCUT2D eigenvalue weighted by atomic mass is 16.5. The minimum absolute atomic E-state index is 0.473. The second-order valence-corrected chi connectivity index (χ2v) is 6.61. The molecule has 120 valence electrons. The summed E-state index contributed by atoms with van der Waals surface area (Å²) in [4.78, 5) is 0. The molecule has 0 spiro atoms. The number of rotatable bonds is 4. The van der Waals surface area contributed by atoms with E-state index in [9.17, 15) is 0 Å². The highest BCUT2D eigenvalue weighted by Gasteiger charge is 2.21. The van der Waals surface area contributed by atoms with Gasteiger partial charge in [0.1, 0.15) is 11.9 Å². The lowest BCUT2D eigenvalue weighted by Crippen LogP contribution is -2.31. The SMILES string of the molecule is COc1cccc2c[n+](-c3c(C(C)C)cccc3C(C)C)cn12. The number of hydrogen-bond acceptors (Lipinski definition) is 1. The predicted molar refractivity (Wildman–Crippen MR) is 93.7 cm³/mol. The van der Waals surface area contributed by atoms with Gasteiger partial charge in [0, 0.05) is 17.2 Å². The molecule has 3 nitrogen and oxygen atoms in total. The summed E-state index contributed by atoms with van der Waals surface area (Å²) in [6.07, 6.45) is 4.29. The minimum Gasteiger partial charge on any atom is -0.465 e. The summed E-state index contributed by atoms with van der Waals surface area (Å²) in [5, 5.41) is 0. The Morgan fingerprint density at radius 1 is 0.913 bits per heavy atom. The van der Waals surface area contributed by atoms with Crippen molar-refractivity contribution >= 4 is 5.52 Å². The molecule has 0 aliphatic heterocycles. The van der Waals surface area contributed by atoms with Crippen molar-refractivity contribution in [3.8, 4) is 11.6 Å². The third kappa shape index (κ3) is 2.72. The molecule has 23 heavy (non-hydrogen) atoms. The van der Waals surface area contributed by atoms with Gasteiger partial charge in [0.25, 0.3) is 12.2 Å². The molecule has 3 rings (SSSR count). The third-order valence-corrected chi connectivity index (χ3v) is 4.34. The predicted octanol–water partition coefficient (Wildman–Crippen LogP) is 4.47. The summed E-state index contributed by atoms with van der Waals surface area (Å²) in [6.45, 7) is 9.00. The Hall–Kier alpha value is -2.29. The molecule has 0 amide bonds. The summed E-state index contributed by atoms with van der Waals surface area (Å²) >= 11 is 0. The Balaban J connectivity index is 2.29. The zero-order chi connectivity index (χ0) is 16.6. The number of imidazole rings is 1. The normalized spacial score (nSPS) is 11.6. The van der Waals surface area contributed by atoms with Gasteiger partial charge in [-0.3, -0.25) is 0 Å². The number of ether oxygens (including phenoxy) is 1. The quantitative estimate of drug-likeness (QED) is 0.650. The lowest BCUT2D eigenvalue weighted by atomic mass is 9.92. The van der Waals surface area contributed by atoms with Crippen LogP contribution in [0.5, 0.6) is 5.88 Å². The van der Waals surface area contributed by atoms with Gasteiger partial charge >= 0.3 is 0 Å². The molecule has 2 heterocycles. The van der Waals surface area contributed by atoms with Crippen LogP contribution in [0.2, 0.25) is 0 Å². The average molecular weight is 309 g/mol. The standard InChI is InChI=1S/C20H25N2O/c1-14(2)17-9-7-10-18(15(3)4)20(17)21-12-16-8-6-11-19(23-5)22(16)13-21/h6-15H,1-5H3/q+1. The molecule has 0 bridgehead atoms. The molecule has 0 aliphatic carbocycles. The minimum atomic E-state index is 0.473. The van der Waals surface area contributed by atoms with Crippen LogP contribution in [-0.4, -0.2) is 11.5 Å². The van der Waals surface area contributed by atoms with Gasteiger partial charge in [-0.15, -0.1) is 0 Å². The Labute approximate surface area is 138 Å². The lowest BCUT2D eigenvalue weighted by molar-refractivity contribution is -0.595. The fourth-order valence-electron chi connectivity index (χ4n) is 3.14. The van der Waals surface area contributed by atoms with E-state index in [4.69, 9.17) is 4.74 Å². The molecule has 2 aromatic heterocycles. The van der Waals surface area contributed by atoms with Gasteiger partial charge in [0.05, 0.1) is 7.11 Å². The molecule has 0 N–H and O–H groups in total. The Morgan fingerprint density at radius 2 is 1.52 bits per heavy atom. The molecule has 1 aromatic carbocycles. The summed E-state index contributed by atoms with van der Waals surface area (Å²) in [5.41, 5.74) is 5.16. The smallest absolute Gasteiger partial charge is 0.288 e. The van der Waals surface area contributed by atoms with Crippen LogP contribution in [-0.2, 0) is 0 Å². The van der Waals surface area contributed by atoms with Crippen LogP contribution in [0.1, 0.15) is 50.7 Å². The molecule has 0 fully saturated rings. The first-order valence-corrected chi connectivity index (χ1v) is 8.22. The van der Waals surface area contributed by atoms with Crippen LogP contribution in [0.25, 0.3) is 11.2 Å². The maximum absolute atomic E-state index is 5.48. The Kier molecular flexibility index (Phi) is 4.12. The maximum atomic E-state index is 5.48. The number of aromatic nitrogens is 2. The number of pyridine rings is 1. The van der Waals surface area contributed by atoms with Crippen molar-refractivity contribution in [3.63, 3.8) is 0 Å². The van der Waals surface area contributed by atoms with Crippen molar-refractivity contribution in [1.82, 2.24) is 4.40 Å². The van der Waals surface area contributed by atoms with Crippen molar-refractivity contribution < 1.29 is 9.30 Å². The zero-order valence-electron chi connectivity index (χ0n) is 14.6. The van der Waals surface area contributed by atoms with Gasteiger partial charge in [-0.1, -0.05) is 52.0 Å². The first-order chi connectivity index (χ1) is 11.0. The first-order valence-electron chi connectivity index (χ1n) is 8.22. The summed E-state index contributed by atoms with van der Waals surface area (Å²) < 4.78 is 9.80. The van der Waals surface area contributed by atoms with E-state index >= 15 is 0 Å². The highest BCUT2D eigenvalue weighted by molar-refractivity contribution is 5.49. The molecular formula is C20H25N2O+. The molecule has 0 atom stereocenters. The molecule has 0 unspecified atom stereocenters. The number of benzene rings is 1. The van der Waals surface area contributed by atoms with E-state index in [0.29, 0.717) is 11.8 Å². The number of para-hydroxylation sites is 1. The van der Waals surface area contributed by atoms with E-state index in [1.807, 2.05) is 12.1 Å². The van der Waals surface area contributed by atoms with Crippen molar-refractivity contribution in [2.24, 2.45) is 0 Å². The second-order valence-electron chi connectivity index (χ2n) is 6.61. The Bertz CT molecular complexity index is 805. The van der Waals surface area contributed by atoms with Crippen molar-refractivity contribution in [2.75, 3.05) is 7.11 Å². The molecule has 3 heteroatoms. The Morgan fingerprint density at radius 3 is 2.09 bits per heavy atom. The lowest BCUT2D eigenvalue weighted by Gasteiger charge is -2.16. The average Bonchev–Trinajstić information content (AvgIpc) is 2.97. The summed E-state index contributed by atoms with van der Waals surface area (Å²) in [7, 11) is 1.71. The molecule has 3 aromatic rings. The third-order valence-electron chi connectivity index (χ3n) is 4.34. The topological polar surface area (TPSA) is 17.5 Å². The van der Waals surface area contributed by atoms with Crippen LogP contribution >= 0.6 is 0 Å². The van der Waals surface area contributed by atoms with Crippen LogP contribution in [0.15, 0.2) is 48.9 Å². The van der Waals surface area contributed by atoms with E-state index in [2.05, 4.69) is 73.5 Å². The van der Waals surface area contributed by atoms with Crippen LogP contribution in [0.4, 0.5) is 0 Å². The molecule has 0 aliphatic rings. The van der Waals surface area contributed by atoms with Crippen molar-refractivity contribution in [2.45, 2.75) is 39.5 Å². The van der Waals surface area contributed by atoms with Gasteiger partial charge in [0.15, 0.2) is 5.52 Å².